The highest BCUT2D eigenvalue weighted by atomic mass is 19.1. The minimum Gasteiger partial charge on any atom is -0.324 e. The van der Waals surface area contributed by atoms with Gasteiger partial charge in [0.2, 0.25) is 5.91 Å². The molecule has 142 valence electrons. The number of hydrogen-bond acceptors (Lipinski definition) is 5. The lowest BCUT2D eigenvalue weighted by molar-refractivity contribution is -0.384. The molecular weight excluding hydrogens is 367 g/mol. The average Bonchev–Trinajstić information content (AvgIpc) is 2.68. The van der Waals surface area contributed by atoms with E-state index in [1.165, 1.54) is 67.6 Å². The van der Waals surface area contributed by atoms with Gasteiger partial charge in [-0.2, -0.15) is 5.10 Å². The van der Waals surface area contributed by atoms with Crippen LogP contribution in [0.15, 0.2) is 65.5 Å². The number of aromatic nitrogens is 2. The molecule has 9 heteroatoms. The van der Waals surface area contributed by atoms with Gasteiger partial charge in [-0.1, -0.05) is 6.07 Å². The molecule has 0 aliphatic rings. The molecule has 0 aliphatic carbocycles. The van der Waals surface area contributed by atoms with Crippen molar-refractivity contribution in [3.05, 3.63) is 86.9 Å². The lowest BCUT2D eigenvalue weighted by Crippen LogP contribution is -2.33. The molecule has 1 N–H and O–H groups in total. The van der Waals surface area contributed by atoms with Gasteiger partial charge in [0.1, 0.15) is 11.9 Å². The molecule has 1 heterocycles. The smallest absolute Gasteiger partial charge is 0.271 e. The Morgan fingerprint density at radius 3 is 2.57 bits per heavy atom. The number of amides is 1. The number of nitro groups is 1. The molecule has 0 bridgehead atoms. The maximum Gasteiger partial charge on any atom is 0.271 e. The van der Waals surface area contributed by atoms with E-state index in [-0.39, 0.29) is 11.4 Å². The number of nitrogens with one attached hydrogen (secondary N) is 1. The fraction of sp³-hybridized carbons (Fsp3) is 0.105. The van der Waals surface area contributed by atoms with Crippen molar-refractivity contribution in [1.82, 2.24) is 9.78 Å². The molecule has 1 aromatic heterocycles. The van der Waals surface area contributed by atoms with Gasteiger partial charge in [-0.3, -0.25) is 19.7 Å². The fourth-order valence-corrected chi connectivity index (χ4v) is 2.53. The third-order valence-corrected chi connectivity index (χ3v) is 4.04. The minimum absolute atomic E-state index is 0.168. The number of halogens is 1. The van der Waals surface area contributed by atoms with E-state index < -0.39 is 28.2 Å². The van der Waals surface area contributed by atoms with Crippen molar-refractivity contribution in [2.45, 2.75) is 13.0 Å². The molecule has 28 heavy (non-hydrogen) atoms. The van der Waals surface area contributed by atoms with Crippen molar-refractivity contribution in [3.63, 3.8) is 0 Å². The third kappa shape index (κ3) is 4.09. The van der Waals surface area contributed by atoms with Crippen molar-refractivity contribution >= 4 is 17.3 Å². The zero-order chi connectivity index (χ0) is 20.3. The second kappa shape index (κ2) is 7.78. The van der Waals surface area contributed by atoms with E-state index in [9.17, 15) is 24.1 Å². The van der Waals surface area contributed by atoms with Crippen molar-refractivity contribution in [1.29, 1.82) is 0 Å². The number of non-ortho nitro benzene ring substituents is 1. The van der Waals surface area contributed by atoms with E-state index in [0.717, 1.165) is 4.68 Å². The van der Waals surface area contributed by atoms with E-state index in [0.29, 0.717) is 11.3 Å². The van der Waals surface area contributed by atoms with E-state index in [1.807, 2.05) is 0 Å². The SMILES string of the molecule is CC(C(=O)Nc1cccc([N+](=O)[O-])c1)n1nc(-c2ccc(F)cc2)ccc1=O. The molecule has 0 aliphatic heterocycles. The second-order valence-corrected chi connectivity index (χ2v) is 5.98. The van der Waals surface area contributed by atoms with Crippen LogP contribution in [0.4, 0.5) is 15.8 Å². The van der Waals surface area contributed by atoms with Crippen LogP contribution >= 0.6 is 0 Å². The zero-order valence-electron chi connectivity index (χ0n) is 14.7. The molecule has 2 aromatic carbocycles. The number of nitro benzene ring substituents is 1. The zero-order valence-corrected chi connectivity index (χ0v) is 14.7. The summed E-state index contributed by atoms with van der Waals surface area (Å²) >= 11 is 0. The predicted molar refractivity (Wildman–Crippen MR) is 100 cm³/mol. The summed E-state index contributed by atoms with van der Waals surface area (Å²) in [7, 11) is 0. The van der Waals surface area contributed by atoms with Crippen LogP contribution in [0.1, 0.15) is 13.0 Å². The molecule has 3 rings (SSSR count). The highest BCUT2D eigenvalue weighted by Crippen LogP contribution is 2.19. The van der Waals surface area contributed by atoms with Gasteiger partial charge >= 0.3 is 0 Å². The highest BCUT2D eigenvalue weighted by molar-refractivity contribution is 5.93. The Morgan fingerprint density at radius 1 is 1.18 bits per heavy atom. The molecule has 0 saturated carbocycles. The second-order valence-electron chi connectivity index (χ2n) is 5.98. The Labute approximate surface area is 158 Å². The van der Waals surface area contributed by atoms with Crippen LogP contribution in [0.5, 0.6) is 0 Å². The Kier molecular flexibility index (Phi) is 5.25. The standard InChI is InChI=1S/C19H15FN4O4/c1-12(19(26)21-15-3-2-4-16(11-15)24(27)28)23-18(25)10-9-17(22-23)13-5-7-14(20)8-6-13/h2-12H,1H3,(H,21,26). The summed E-state index contributed by atoms with van der Waals surface area (Å²) in [6.07, 6.45) is 0. The van der Waals surface area contributed by atoms with Gasteiger partial charge in [0.05, 0.1) is 10.6 Å². The van der Waals surface area contributed by atoms with Gasteiger partial charge in [-0.15, -0.1) is 0 Å². The third-order valence-electron chi connectivity index (χ3n) is 4.04. The van der Waals surface area contributed by atoms with Crippen LogP contribution in [0.25, 0.3) is 11.3 Å². The number of carbonyl (C=O) groups is 1. The first-order chi connectivity index (χ1) is 13.3. The topological polar surface area (TPSA) is 107 Å². The minimum atomic E-state index is -0.979. The molecule has 0 saturated heterocycles. The summed E-state index contributed by atoms with van der Waals surface area (Å²) in [5.74, 6) is -0.965. The van der Waals surface area contributed by atoms with Gasteiger partial charge in [0.25, 0.3) is 11.2 Å². The summed E-state index contributed by atoms with van der Waals surface area (Å²) in [6.45, 7) is 1.48. The Hall–Kier alpha value is -3.88. The molecule has 1 atom stereocenters. The molecule has 1 amide bonds. The number of carbonyl (C=O) groups excluding carboxylic acids is 1. The van der Waals surface area contributed by atoms with Crippen molar-refractivity contribution in [3.8, 4) is 11.3 Å². The predicted octanol–water partition coefficient (Wildman–Crippen LogP) is 3.16. The summed E-state index contributed by atoms with van der Waals surface area (Å²) < 4.78 is 14.1. The normalized spacial score (nSPS) is 11.6. The number of benzene rings is 2. The number of anilines is 1. The quantitative estimate of drug-likeness (QED) is 0.539. The lowest BCUT2D eigenvalue weighted by Gasteiger charge is -2.15. The molecular formula is C19H15FN4O4. The van der Waals surface area contributed by atoms with Gasteiger partial charge in [-0.25, -0.2) is 9.07 Å². The summed E-state index contributed by atoms with van der Waals surface area (Å²) in [5.41, 5.74) is 0.552. The lowest BCUT2D eigenvalue weighted by atomic mass is 10.1. The maximum absolute atomic E-state index is 13.1. The summed E-state index contributed by atoms with van der Waals surface area (Å²) in [5, 5.41) is 17.6. The van der Waals surface area contributed by atoms with Crippen LogP contribution in [0.3, 0.4) is 0 Å². The van der Waals surface area contributed by atoms with Crippen molar-refractivity contribution in [2.75, 3.05) is 5.32 Å². The molecule has 8 nitrogen and oxygen atoms in total. The van der Waals surface area contributed by atoms with E-state index in [4.69, 9.17) is 0 Å². The van der Waals surface area contributed by atoms with Crippen LogP contribution in [-0.4, -0.2) is 20.6 Å². The fourth-order valence-electron chi connectivity index (χ4n) is 2.53. The molecule has 3 aromatic rings. The van der Waals surface area contributed by atoms with E-state index in [1.54, 1.807) is 0 Å². The number of nitrogens with zero attached hydrogens (tertiary/aromatic N) is 3. The molecule has 0 fully saturated rings. The first-order valence-electron chi connectivity index (χ1n) is 8.26. The Bertz CT molecular complexity index is 1100. The van der Waals surface area contributed by atoms with Gasteiger partial charge in [0.15, 0.2) is 0 Å². The van der Waals surface area contributed by atoms with E-state index in [2.05, 4.69) is 10.4 Å². The number of hydrogen-bond donors (Lipinski definition) is 1. The Morgan fingerprint density at radius 2 is 1.89 bits per heavy atom. The average molecular weight is 382 g/mol. The first kappa shape index (κ1) is 18.9. The summed E-state index contributed by atoms with van der Waals surface area (Å²) in [6, 6.07) is 12.8. The molecule has 1 unspecified atom stereocenters. The summed E-state index contributed by atoms with van der Waals surface area (Å²) in [4.78, 5) is 35.0. The number of rotatable bonds is 5. The highest BCUT2D eigenvalue weighted by Gasteiger charge is 2.19. The van der Waals surface area contributed by atoms with Gasteiger partial charge in [-0.05, 0) is 43.3 Å². The largest absolute Gasteiger partial charge is 0.324 e. The van der Waals surface area contributed by atoms with Crippen LogP contribution in [0.2, 0.25) is 0 Å². The Balaban J connectivity index is 1.86. The monoisotopic (exact) mass is 382 g/mol. The maximum atomic E-state index is 13.1. The van der Waals surface area contributed by atoms with E-state index >= 15 is 0 Å². The first-order valence-corrected chi connectivity index (χ1v) is 8.26. The van der Waals surface area contributed by atoms with Gasteiger partial charge in [0, 0.05) is 29.4 Å². The molecule has 0 radical (unpaired) electrons. The van der Waals surface area contributed by atoms with Crippen LogP contribution in [-0.2, 0) is 4.79 Å². The molecule has 0 spiro atoms. The van der Waals surface area contributed by atoms with Crippen LogP contribution in [0, 0.1) is 15.9 Å². The van der Waals surface area contributed by atoms with Gasteiger partial charge < -0.3 is 5.32 Å². The van der Waals surface area contributed by atoms with Crippen LogP contribution < -0.4 is 10.9 Å². The van der Waals surface area contributed by atoms with Crippen molar-refractivity contribution in [2.24, 2.45) is 0 Å². The van der Waals surface area contributed by atoms with Crippen molar-refractivity contribution < 1.29 is 14.1 Å².